The normalized spacial score (nSPS) is 11.0. The number of thioether (sulfide) groups is 1. The molecule has 1 amide bonds. The van der Waals surface area contributed by atoms with Gasteiger partial charge in [0.25, 0.3) is 5.91 Å². The molecule has 0 radical (unpaired) electrons. The van der Waals surface area contributed by atoms with Gasteiger partial charge in [-0.2, -0.15) is 0 Å². The van der Waals surface area contributed by atoms with E-state index >= 15 is 0 Å². The Labute approximate surface area is 213 Å². The van der Waals surface area contributed by atoms with Crippen LogP contribution in [-0.2, 0) is 12.3 Å². The van der Waals surface area contributed by atoms with E-state index in [-0.39, 0.29) is 11.7 Å². The average Bonchev–Trinajstić information content (AvgIpc) is 3.63. The second-order valence-corrected chi connectivity index (χ2v) is 9.64. The number of nitrogens with one attached hydrogen (secondary N) is 1. The molecular formula is C24H17ClFN5O2S2. The van der Waals surface area contributed by atoms with Gasteiger partial charge in [0.2, 0.25) is 5.82 Å². The smallest absolute Gasteiger partial charge is 0.271 e. The number of carbonyl (C=O) groups is 1. The molecular weight excluding hydrogens is 509 g/mol. The maximum atomic E-state index is 13.0. The summed E-state index contributed by atoms with van der Waals surface area (Å²) in [4.78, 5) is 16.9. The summed E-state index contributed by atoms with van der Waals surface area (Å²) in [6.07, 6.45) is 1.58. The Balaban J connectivity index is 1.29. The molecule has 5 aromatic rings. The summed E-state index contributed by atoms with van der Waals surface area (Å²) < 4.78 is 20.5. The number of carbonyl (C=O) groups excluding carboxylic acids is 1. The zero-order valence-electron chi connectivity index (χ0n) is 18.0. The van der Waals surface area contributed by atoms with Crippen molar-refractivity contribution in [2.75, 3.05) is 0 Å². The molecule has 0 aliphatic rings. The van der Waals surface area contributed by atoms with E-state index < -0.39 is 0 Å². The first-order valence-corrected chi connectivity index (χ1v) is 12.7. The van der Waals surface area contributed by atoms with Crippen LogP contribution in [0.15, 0.2) is 81.9 Å². The van der Waals surface area contributed by atoms with E-state index in [2.05, 4.69) is 20.5 Å². The molecule has 176 valence electrons. The second kappa shape index (κ2) is 10.4. The Kier molecular flexibility index (Phi) is 6.94. The van der Waals surface area contributed by atoms with E-state index in [0.29, 0.717) is 39.8 Å². The van der Waals surface area contributed by atoms with E-state index in [4.69, 9.17) is 16.0 Å². The molecule has 5 rings (SSSR count). The minimum atomic E-state index is -0.315. The van der Waals surface area contributed by atoms with E-state index in [1.165, 1.54) is 35.2 Å². The van der Waals surface area contributed by atoms with E-state index in [9.17, 15) is 9.18 Å². The van der Waals surface area contributed by atoms with Gasteiger partial charge in [-0.15, -0.1) is 21.5 Å². The first-order valence-electron chi connectivity index (χ1n) is 10.4. The fraction of sp³-hybridized carbons (Fsp3) is 0.0833. The summed E-state index contributed by atoms with van der Waals surface area (Å²) in [5.74, 6) is 1.06. The number of benzene rings is 2. The molecule has 3 heterocycles. The van der Waals surface area contributed by atoms with Gasteiger partial charge >= 0.3 is 0 Å². The Bertz CT molecular complexity index is 1430. The third-order valence-corrected chi connectivity index (χ3v) is 7.16. The summed E-state index contributed by atoms with van der Waals surface area (Å²) >= 11 is 8.91. The van der Waals surface area contributed by atoms with Crippen molar-refractivity contribution in [1.82, 2.24) is 25.1 Å². The predicted octanol–water partition coefficient (Wildman–Crippen LogP) is 6.00. The van der Waals surface area contributed by atoms with Crippen molar-refractivity contribution < 1.29 is 13.6 Å². The van der Waals surface area contributed by atoms with Crippen LogP contribution in [0.1, 0.15) is 21.1 Å². The number of furan rings is 1. The van der Waals surface area contributed by atoms with Crippen molar-refractivity contribution in [2.24, 2.45) is 0 Å². The molecule has 2 aromatic carbocycles. The molecule has 35 heavy (non-hydrogen) atoms. The number of hydrogen-bond acceptors (Lipinski definition) is 7. The molecule has 0 atom stereocenters. The van der Waals surface area contributed by atoms with Gasteiger partial charge in [-0.25, -0.2) is 9.37 Å². The van der Waals surface area contributed by atoms with Gasteiger partial charge in [0.05, 0.1) is 12.0 Å². The molecule has 0 fully saturated rings. The molecule has 0 bridgehead atoms. The number of thiazole rings is 1. The topological polar surface area (TPSA) is 85.8 Å². The predicted molar refractivity (Wildman–Crippen MR) is 133 cm³/mol. The minimum absolute atomic E-state index is 0.286. The second-order valence-electron chi connectivity index (χ2n) is 7.32. The molecule has 0 saturated heterocycles. The minimum Gasteiger partial charge on any atom is -0.461 e. The van der Waals surface area contributed by atoms with Gasteiger partial charge in [-0.3, -0.25) is 9.36 Å². The van der Waals surface area contributed by atoms with Crippen molar-refractivity contribution in [3.63, 3.8) is 0 Å². The molecule has 7 nitrogen and oxygen atoms in total. The Morgan fingerprint density at radius 2 is 1.91 bits per heavy atom. The number of aromatic nitrogens is 4. The van der Waals surface area contributed by atoms with Gasteiger partial charge in [0.1, 0.15) is 16.5 Å². The van der Waals surface area contributed by atoms with Crippen LogP contribution in [-0.4, -0.2) is 25.7 Å². The van der Waals surface area contributed by atoms with Gasteiger partial charge < -0.3 is 9.73 Å². The molecule has 0 unspecified atom stereocenters. The summed E-state index contributed by atoms with van der Waals surface area (Å²) in [6, 6.07) is 17.0. The van der Waals surface area contributed by atoms with Crippen LogP contribution < -0.4 is 5.32 Å². The number of hydrogen-bond donors (Lipinski definition) is 1. The summed E-state index contributed by atoms with van der Waals surface area (Å²) in [5, 5.41) is 15.2. The summed E-state index contributed by atoms with van der Waals surface area (Å²) in [7, 11) is 0. The standard InChI is InChI=1S/C24H17ClFN5O2S2/c25-16-5-9-18(10-6-16)31-22(20-2-1-11-33-20)29-30-24(31)35-14-21-28-19(13-34-21)23(32)27-12-15-3-7-17(26)8-4-15/h1-11,13H,12,14H2,(H,27,32). The number of amides is 1. The van der Waals surface area contributed by atoms with Crippen LogP contribution in [0.2, 0.25) is 5.02 Å². The zero-order valence-corrected chi connectivity index (χ0v) is 20.4. The van der Waals surface area contributed by atoms with Crippen LogP contribution in [0.25, 0.3) is 17.3 Å². The van der Waals surface area contributed by atoms with Crippen molar-refractivity contribution in [2.45, 2.75) is 17.5 Å². The molecule has 1 N–H and O–H groups in total. The van der Waals surface area contributed by atoms with Gasteiger partial charge in [-0.05, 0) is 54.1 Å². The highest BCUT2D eigenvalue weighted by atomic mass is 35.5. The van der Waals surface area contributed by atoms with Crippen LogP contribution >= 0.6 is 34.7 Å². The van der Waals surface area contributed by atoms with Crippen molar-refractivity contribution >= 4 is 40.6 Å². The third kappa shape index (κ3) is 5.45. The Morgan fingerprint density at radius 1 is 1.11 bits per heavy atom. The van der Waals surface area contributed by atoms with Crippen molar-refractivity contribution in [1.29, 1.82) is 0 Å². The SMILES string of the molecule is O=C(NCc1ccc(F)cc1)c1csc(CSc2nnc(-c3ccco3)n2-c2ccc(Cl)cc2)n1. The van der Waals surface area contributed by atoms with Crippen molar-refractivity contribution in [3.05, 3.63) is 99.4 Å². The van der Waals surface area contributed by atoms with Gasteiger partial charge in [0.15, 0.2) is 10.9 Å². The Morgan fingerprint density at radius 3 is 2.66 bits per heavy atom. The lowest BCUT2D eigenvalue weighted by molar-refractivity contribution is 0.0946. The van der Waals surface area contributed by atoms with Crippen LogP contribution in [0.5, 0.6) is 0 Å². The van der Waals surface area contributed by atoms with Crippen LogP contribution in [0, 0.1) is 5.82 Å². The lowest BCUT2D eigenvalue weighted by Gasteiger charge is -2.09. The van der Waals surface area contributed by atoms with E-state index in [1.54, 1.807) is 42.0 Å². The quantitative estimate of drug-likeness (QED) is 0.250. The highest BCUT2D eigenvalue weighted by Crippen LogP contribution is 2.31. The molecule has 0 aliphatic carbocycles. The van der Waals surface area contributed by atoms with E-state index in [1.807, 2.05) is 22.8 Å². The monoisotopic (exact) mass is 525 g/mol. The fourth-order valence-corrected chi connectivity index (χ4v) is 5.10. The molecule has 11 heteroatoms. The third-order valence-electron chi connectivity index (χ3n) is 4.94. The van der Waals surface area contributed by atoms with Crippen molar-refractivity contribution in [3.8, 4) is 17.3 Å². The summed E-state index contributed by atoms with van der Waals surface area (Å²) in [5.41, 5.74) is 1.98. The first-order chi connectivity index (χ1) is 17.1. The van der Waals surface area contributed by atoms with Crippen LogP contribution in [0.4, 0.5) is 4.39 Å². The zero-order chi connectivity index (χ0) is 24.2. The first kappa shape index (κ1) is 23.3. The maximum absolute atomic E-state index is 13.0. The Hall–Kier alpha value is -3.47. The average molecular weight is 526 g/mol. The summed E-state index contributed by atoms with van der Waals surface area (Å²) in [6.45, 7) is 0.292. The lowest BCUT2D eigenvalue weighted by atomic mass is 10.2. The maximum Gasteiger partial charge on any atom is 0.271 e. The fourth-order valence-electron chi connectivity index (χ4n) is 3.23. The largest absolute Gasteiger partial charge is 0.461 e. The number of halogens is 2. The molecule has 0 aliphatic heterocycles. The van der Waals surface area contributed by atoms with Gasteiger partial charge in [-0.1, -0.05) is 35.5 Å². The van der Waals surface area contributed by atoms with E-state index in [0.717, 1.165) is 16.3 Å². The molecule has 3 aromatic heterocycles. The number of rotatable bonds is 8. The highest BCUT2D eigenvalue weighted by molar-refractivity contribution is 7.98. The van der Waals surface area contributed by atoms with Gasteiger partial charge in [0, 0.05) is 22.6 Å². The lowest BCUT2D eigenvalue weighted by Crippen LogP contribution is -2.23. The highest BCUT2D eigenvalue weighted by Gasteiger charge is 2.19. The van der Waals surface area contributed by atoms with Crippen LogP contribution in [0.3, 0.4) is 0 Å². The molecule has 0 spiro atoms. The molecule has 0 saturated carbocycles. The number of nitrogens with zero attached hydrogens (tertiary/aromatic N) is 4.